The van der Waals surface area contributed by atoms with E-state index in [-0.39, 0.29) is 5.48 Å². The van der Waals surface area contributed by atoms with Gasteiger partial charge in [0.1, 0.15) is 0 Å². The van der Waals surface area contributed by atoms with Gasteiger partial charge < -0.3 is 36.1 Å². The largest absolute Gasteiger partial charge is 0.479 e. The van der Waals surface area contributed by atoms with Gasteiger partial charge in [-0.25, -0.2) is 9.59 Å². The van der Waals surface area contributed by atoms with Crippen LogP contribution in [0.1, 0.15) is 0 Å². The lowest BCUT2D eigenvalue weighted by molar-refractivity contribution is -0.165. The summed E-state index contributed by atoms with van der Waals surface area (Å²) in [7, 11) is 2.15. The van der Waals surface area contributed by atoms with E-state index in [4.69, 9.17) is 20.4 Å². The van der Waals surface area contributed by atoms with E-state index >= 15 is 0 Å². The number of piperazine rings is 1. The zero-order valence-electron chi connectivity index (χ0n) is 10.0. The number of aliphatic hydroxyl groups excluding tert-OH is 2. The molecular weight excluding hydrogens is 248 g/mol. The van der Waals surface area contributed by atoms with Crippen LogP contribution in [0.3, 0.4) is 0 Å². The molecule has 7 N–H and O–H groups in total. The van der Waals surface area contributed by atoms with E-state index in [1.54, 1.807) is 0 Å². The van der Waals surface area contributed by atoms with Crippen LogP contribution in [0.25, 0.3) is 0 Å². The smallest absolute Gasteiger partial charge is 0.335 e. The van der Waals surface area contributed by atoms with E-state index < -0.39 is 24.1 Å². The first-order valence-corrected chi connectivity index (χ1v) is 5.07. The van der Waals surface area contributed by atoms with Crippen molar-refractivity contribution < 1.29 is 35.5 Å². The highest BCUT2D eigenvalue weighted by atomic mass is 16.4. The predicted molar refractivity (Wildman–Crippen MR) is 61.3 cm³/mol. The minimum atomic E-state index is -2.27. The Labute approximate surface area is 104 Å². The molecule has 0 spiro atoms. The lowest BCUT2D eigenvalue weighted by atomic mass is 10.2. The molecule has 0 aromatic heterocycles. The lowest BCUT2D eigenvalue weighted by Crippen LogP contribution is -2.40. The Bertz CT molecular complexity index is 237. The van der Waals surface area contributed by atoms with Gasteiger partial charge in [0, 0.05) is 26.2 Å². The van der Waals surface area contributed by atoms with E-state index in [2.05, 4.69) is 17.3 Å². The second kappa shape index (κ2) is 9.74. The fourth-order valence-corrected chi connectivity index (χ4v) is 1.05. The summed E-state index contributed by atoms with van der Waals surface area (Å²) in [6.07, 6.45) is -4.53. The minimum Gasteiger partial charge on any atom is -0.479 e. The maximum atomic E-state index is 9.77. The lowest BCUT2D eigenvalue weighted by Gasteiger charge is -2.21. The van der Waals surface area contributed by atoms with Gasteiger partial charge in [-0.3, -0.25) is 0 Å². The van der Waals surface area contributed by atoms with Gasteiger partial charge in [-0.05, 0) is 7.05 Å². The van der Waals surface area contributed by atoms with Crippen LogP contribution < -0.4 is 5.32 Å². The first-order valence-electron chi connectivity index (χ1n) is 5.07. The van der Waals surface area contributed by atoms with Gasteiger partial charge >= 0.3 is 11.9 Å². The van der Waals surface area contributed by atoms with Crippen molar-refractivity contribution in [3.05, 3.63) is 0 Å². The summed E-state index contributed by atoms with van der Waals surface area (Å²) in [5, 5.41) is 35.8. The maximum absolute atomic E-state index is 9.77. The Morgan fingerprint density at radius 1 is 1.06 bits per heavy atom. The van der Waals surface area contributed by atoms with Crippen LogP contribution in [0.15, 0.2) is 0 Å². The number of rotatable bonds is 3. The third-order valence-electron chi connectivity index (χ3n) is 2.15. The van der Waals surface area contributed by atoms with Crippen LogP contribution in [0.5, 0.6) is 0 Å². The molecule has 0 radical (unpaired) electrons. The van der Waals surface area contributed by atoms with Crippen molar-refractivity contribution >= 4 is 11.9 Å². The number of nitrogens with one attached hydrogen (secondary N) is 1. The summed E-state index contributed by atoms with van der Waals surface area (Å²) in [4.78, 5) is 21.9. The molecule has 1 saturated heterocycles. The quantitative estimate of drug-likeness (QED) is 0.353. The molecule has 0 unspecified atom stereocenters. The zero-order chi connectivity index (χ0) is 13.4. The molecule has 0 bridgehead atoms. The van der Waals surface area contributed by atoms with Crippen LogP contribution >= 0.6 is 0 Å². The first-order chi connectivity index (χ1) is 7.86. The molecule has 1 aliphatic rings. The van der Waals surface area contributed by atoms with Crippen LogP contribution in [-0.4, -0.2) is 88.2 Å². The van der Waals surface area contributed by atoms with Crippen molar-refractivity contribution in [2.75, 3.05) is 33.2 Å². The molecule has 1 aliphatic heterocycles. The van der Waals surface area contributed by atoms with Crippen molar-refractivity contribution in [2.45, 2.75) is 12.2 Å². The molecule has 1 fully saturated rings. The van der Waals surface area contributed by atoms with Gasteiger partial charge in [0.25, 0.3) is 0 Å². The van der Waals surface area contributed by atoms with Crippen LogP contribution in [0.4, 0.5) is 0 Å². The highest BCUT2D eigenvalue weighted by Crippen LogP contribution is 1.92. The molecule has 2 atom stereocenters. The Kier molecular flexibility index (Phi) is 10.3. The maximum Gasteiger partial charge on any atom is 0.335 e. The first kappa shape index (κ1) is 19.1. The summed E-state index contributed by atoms with van der Waals surface area (Å²) < 4.78 is 0. The molecule has 1 rings (SSSR count). The molecule has 0 aromatic rings. The van der Waals surface area contributed by atoms with E-state index in [0.717, 1.165) is 13.1 Å². The Hall–Kier alpha value is -1.26. The molecule has 18 heavy (non-hydrogen) atoms. The number of nitrogens with zero attached hydrogens (tertiary/aromatic N) is 1. The third kappa shape index (κ3) is 7.92. The molecular formula is C9H20N2O7. The zero-order valence-corrected chi connectivity index (χ0v) is 10.0. The van der Waals surface area contributed by atoms with Gasteiger partial charge in [0.05, 0.1) is 0 Å². The molecule has 1 heterocycles. The van der Waals surface area contributed by atoms with Crippen LogP contribution in [0, 0.1) is 0 Å². The molecule has 0 aromatic carbocycles. The highest BCUT2D eigenvalue weighted by Gasteiger charge is 2.29. The summed E-state index contributed by atoms with van der Waals surface area (Å²) in [6, 6.07) is 0. The van der Waals surface area contributed by atoms with E-state index in [9.17, 15) is 9.59 Å². The number of carboxylic acid groups (broad SMARTS) is 2. The fourth-order valence-electron chi connectivity index (χ4n) is 1.05. The van der Waals surface area contributed by atoms with Crippen molar-refractivity contribution in [1.82, 2.24) is 10.2 Å². The second-order valence-corrected chi connectivity index (χ2v) is 3.62. The fraction of sp³-hybridized carbons (Fsp3) is 0.778. The molecule has 9 nitrogen and oxygen atoms in total. The van der Waals surface area contributed by atoms with E-state index in [1.165, 1.54) is 13.1 Å². The number of aliphatic carboxylic acids is 2. The number of hydrogen-bond acceptors (Lipinski definition) is 6. The number of carboxylic acids is 2. The summed E-state index contributed by atoms with van der Waals surface area (Å²) in [5.41, 5.74) is 0. The standard InChI is InChI=1S/C5H12N2.C4H6O6.H2O/c1-7-4-2-6-3-5-7;5-1(3(7)8)2(6)4(9)10;/h6H,2-5H2,1H3;1-2,5-6H,(H,7,8)(H,9,10);1H2/t;1-,2-;/m.1./s1. The number of hydrogen-bond donors (Lipinski definition) is 5. The number of aliphatic hydroxyl groups is 2. The Morgan fingerprint density at radius 2 is 1.39 bits per heavy atom. The van der Waals surface area contributed by atoms with Crippen molar-refractivity contribution in [3.63, 3.8) is 0 Å². The second-order valence-electron chi connectivity index (χ2n) is 3.62. The van der Waals surface area contributed by atoms with Crippen molar-refractivity contribution in [1.29, 1.82) is 0 Å². The van der Waals surface area contributed by atoms with Crippen molar-refractivity contribution in [3.8, 4) is 0 Å². The van der Waals surface area contributed by atoms with Crippen LogP contribution in [-0.2, 0) is 9.59 Å². The van der Waals surface area contributed by atoms with Crippen LogP contribution in [0.2, 0.25) is 0 Å². The Morgan fingerprint density at radius 3 is 1.56 bits per heavy atom. The Balaban J connectivity index is 0. The third-order valence-corrected chi connectivity index (χ3v) is 2.15. The topological polar surface area (TPSA) is 162 Å². The normalized spacial score (nSPS) is 18.6. The molecule has 108 valence electrons. The average Bonchev–Trinajstić information content (AvgIpc) is 2.28. The average molecular weight is 268 g/mol. The van der Waals surface area contributed by atoms with Gasteiger partial charge in [-0.15, -0.1) is 0 Å². The summed E-state index contributed by atoms with van der Waals surface area (Å²) in [6.45, 7) is 4.74. The van der Waals surface area contributed by atoms with Gasteiger partial charge in [0.2, 0.25) is 0 Å². The van der Waals surface area contributed by atoms with Crippen molar-refractivity contribution in [2.24, 2.45) is 0 Å². The van der Waals surface area contributed by atoms with E-state index in [0.29, 0.717) is 0 Å². The number of likely N-dealkylation sites (N-methyl/N-ethyl adjacent to an activating group) is 1. The summed E-state index contributed by atoms with van der Waals surface area (Å²) >= 11 is 0. The molecule has 9 heteroatoms. The minimum absolute atomic E-state index is 0. The monoisotopic (exact) mass is 268 g/mol. The van der Waals surface area contributed by atoms with E-state index in [1.807, 2.05) is 0 Å². The molecule has 0 saturated carbocycles. The molecule has 0 amide bonds. The molecule has 0 aliphatic carbocycles. The number of carbonyl (C=O) groups is 2. The van der Waals surface area contributed by atoms with Gasteiger partial charge in [-0.1, -0.05) is 0 Å². The van der Waals surface area contributed by atoms with Gasteiger partial charge in [0.15, 0.2) is 12.2 Å². The van der Waals surface area contributed by atoms with Gasteiger partial charge in [-0.2, -0.15) is 0 Å². The predicted octanol–water partition coefficient (Wildman–Crippen LogP) is -3.43. The highest BCUT2D eigenvalue weighted by molar-refractivity contribution is 5.83. The SMILES string of the molecule is CN1CCNCC1.O.O=C(O)[C@H](O)[C@@H](O)C(=O)O. The summed E-state index contributed by atoms with van der Waals surface area (Å²) in [5.74, 6) is -3.54.